The molecular formula is C12H25NO. The monoisotopic (exact) mass is 199 g/mol. The molecule has 0 radical (unpaired) electrons. The molecule has 84 valence electrons. The Morgan fingerprint density at radius 1 is 1.43 bits per heavy atom. The number of hydrogen-bond acceptors (Lipinski definition) is 2. The Hall–Kier alpha value is -0.0800. The fraction of sp³-hybridized carbons (Fsp3) is 1.00. The Labute approximate surface area is 88.4 Å². The summed E-state index contributed by atoms with van der Waals surface area (Å²) in [6, 6.07) is 0.563. The van der Waals surface area contributed by atoms with Gasteiger partial charge >= 0.3 is 0 Å². The molecule has 1 N–H and O–H groups in total. The van der Waals surface area contributed by atoms with Gasteiger partial charge in [-0.3, -0.25) is 0 Å². The van der Waals surface area contributed by atoms with Crippen LogP contribution in [0.5, 0.6) is 0 Å². The fourth-order valence-corrected chi connectivity index (χ4v) is 1.60. The molecule has 2 unspecified atom stereocenters. The van der Waals surface area contributed by atoms with Crippen LogP contribution < -0.4 is 5.32 Å². The van der Waals surface area contributed by atoms with Gasteiger partial charge in [0, 0.05) is 19.2 Å². The van der Waals surface area contributed by atoms with Crippen molar-refractivity contribution in [2.24, 2.45) is 11.3 Å². The summed E-state index contributed by atoms with van der Waals surface area (Å²) < 4.78 is 5.53. The molecule has 2 nitrogen and oxygen atoms in total. The smallest absolute Gasteiger partial charge is 0.0700 e. The molecule has 0 aliphatic carbocycles. The molecule has 1 heterocycles. The molecule has 0 spiro atoms. The van der Waals surface area contributed by atoms with Crippen LogP contribution in [0.2, 0.25) is 0 Å². The van der Waals surface area contributed by atoms with Gasteiger partial charge in [0.1, 0.15) is 0 Å². The molecule has 1 rings (SSSR count). The van der Waals surface area contributed by atoms with E-state index in [0.29, 0.717) is 23.5 Å². The van der Waals surface area contributed by atoms with Crippen LogP contribution in [0.1, 0.15) is 41.0 Å². The summed E-state index contributed by atoms with van der Waals surface area (Å²) in [6.45, 7) is 13.4. The van der Waals surface area contributed by atoms with Gasteiger partial charge in [-0.2, -0.15) is 0 Å². The average molecular weight is 199 g/mol. The maximum absolute atomic E-state index is 5.53. The first-order valence-electron chi connectivity index (χ1n) is 5.78. The van der Waals surface area contributed by atoms with Gasteiger partial charge < -0.3 is 10.1 Å². The zero-order chi connectivity index (χ0) is 10.8. The van der Waals surface area contributed by atoms with E-state index in [1.165, 1.54) is 0 Å². The molecule has 2 heteroatoms. The number of ether oxygens (including phenoxy) is 1. The van der Waals surface area contributed by atoms with E-state index in [2.05, 4.69) is 39.9 Å². The van der Waals surface area contributed by atoms with Crippen LogP contribution in [0.15, 0.2) is 0 Å². The van der Waals surface area contributed by atoms with E-state index < -0.39 is 0 Å². The zero-order valence-electron chi connectivity index (χ0n) is 10.3. The highest BCUT2D eigenvalue weighted by atomic mass is 16.5. The molecule has 0 aromatic carbocycles. The van der Waals surface area contributed by atoms with E-state index in [-0.39, 0.29) is 0 Å². The summed E-state index contributed by atoms with van der Waals surface area (Å²) in [6.07, 6.45) is 1.55. The maximum atomic E-state index is 5.53. The normalized spacial score (nSPS) is 28.7. The largest absolute Gasteiger partial charge is 0.377 e. The van der Waals surface area contributed by atoms with Crippen LogP contribution in [0.25, 0.3) is 0 Å². The van der Waals surface area contributed by atoms with Gasteiger partial charge in [-0.25, -0.2) is 0 Å². The van der Waals surface area contributed by atoms with E-state index in [9.17, 15) is 0 Å². The molecule has 0 aromatic rings. The molecule has 1 aliphatic heterocycles. The lowest BCUT2D eigenvalue weighted by molar-refractivity contribution is 0.108. The zero-order valence-corrected chi connectivity index (χ0v) is 10.3. The highest BCUT2D eigenvalue weighted by Crippen LogP contribution is 2.25. The van der Waals surface area contributed by atoms with Crippen LogP contribution in [0.4, 0.5) is 0 Å². The summed E-state index contributed by atoms with van der Waals surface area (Å²) >= 11 is 0. The molecule has 0 bridgehead atoms. The number of hydrogen-bond donors (Lipinski definition) is 1. The van der Waals surface area contributed by atoms with Crippen molar-refractivity contribution in [3.63, 3.8) is 0 Å². The van der Waals surface area contributed by atoms with Gasteiger partial charge in [0.25, 0.3) is 0 Å². The molecule has 0 aromatic heterocycles. The highest BCUT2D eigenvalue weighted by molar-refractivity contribution is 4.83. The van der Waals surface area contributed by atoms with Gasteiger partial charge in [-0.1, -0.05) is 27.7 Å². The molecule has 1 aliphatic rings. The second-order valence-electron chi connectivity index (χ2n) is 5.50. The summed E-state index contributed by atoms with van der Waals surface area (Å²) in [5.41, 5.74) is 0.377. The fourth-order valence-electron chi connectivity index (χ4n) is 1.60. The second kappa shape index (κ2) is 4.63. The van der Waals surface area contributed by atoms with Crippen molar-refractivity contribution in [3.8, 4) is 0 Å². The Bertz CT molecular complexity index is 177. The third-order valence-corrected chi connectivity index (χ3v) is 3.76. The lowest BCUT2D eigenvalue weighted by Crippen LogP contribution is -2.42. The second-order valence-corrected chi connectivity index (χ2v) is 5.50. The standard InChI is InChI=1S/C12H25NO/c1-9(2)12(4,5)8-13-11-6-7-14-10(11)3/h9-11,13H,6-8H2,1-5H3. The van der Waals surface area contributed by atoms with Gasteiger partial charge in [-0.05, 0) is 24.7 Å². The van der Waals surface area contributed by atoms with Crippen molar-refractivity contribution in [1.29, 1.82) is 0 Å². The minimum Gasteiger partial charge on any atom is -0.377 e. The molecule has 1 saturated heterocycles. The molecule has 14 heavy (non-hydrogen) atoms. The Kier molecular flexibility index (Phi) is 3.96. The molecule has 0 saturated carbocycles. The van der Waals surface area contributed by atoms with Crippen molar-refractivity contribution in [3.05, 3.63) is 0 Å². The van der Waals surface area contributed by atoms with Crippen LogP contribution in [-0.2, 0) is 4.74 Å². The van der Waals surface area contributed by atoms with Gasteiger partial charge in [0.2, 0.25) is 0 Å². The number of nitrogens with one attached hydrogen (secondary N) is 1. The third kappa shape index (κ3) is 2.96. The minimum absolute atomic E-state index is 0.377. The van der Waals surface area contributed by atoms with Crippen molar-refractivity contribution < 1.29 is 4.74 Å². The minimum atomic E-state index is 0.377. The maximum Gasteiger partial charge on any atom is 0.0700 e. The van der Waals surface area contributed by atoms with Crippen LogP contribution in [-0.4, -0.2) is 25.3 Å². The molecule has 0 amide bonds. The lowest BCUT2D eigenvalue weighted by Gasteiger charge is -2.31. The van der Waals surface area contributed by atoms with E-state index >= 15 is 0 Å². The SMILES string of the molecule is CC1OCCC1NCC(C)(C)C(C)C. The Morgan fingerprint density at radius 3 is 2.50 bits per heavy atom. The predicted molar refractivity (Wildman–Crippen MR) is 60.4 cm³/mol. The predicted octanol–water partition coefficient (Wildman–Crippen LogP) is 2.44. The van der Waals surface area contributed by atoms with Crippen LogP contribution >= 0.6 is 0 Å². The van der Waals surface area contributed by atoms with E-state index in [1.807, 2.05) is 0 Å². The number of rotatable bonds is 4. The Morgan fingerprint density at radius 2 is 2.07 bits per heavy atom. The summed E-state index contributed by atoms with van der Waals surface area (Å²) in [5, 5.41) is 3.63. The quantitative estimate of drug-likeness (QED) is 0.751. The molecule has 2 atom stereocenters. The first-order valence-corrected chi connectivity index (χ1v) is 5.78. The van der Waals surface area contributed by atoms with Crippen molar-refractivity contribution >= 4 is 0 Å². The average Bonchev–Trinajstić information content (AvgIpc) is 2.47. The summed E-state index contributed by atoms with van der Waals surface area (Å²) in [7, 11) is 0. The van der Waals surface area contributed by atoms with E-state index in [0.717, 1.165) is 19.6 Å². The molecular weight excluding hydrogens is 174 g/mol. The molecule has 1 fully saturated rings. The summed E-state index contributed by atoms with van der Waals surface area (Å²) in [5.74, 6) is 0.715. The lowest BCUT2D eigenvalue weighted by atomic mass is 9.81. The van der Waals surface area contributed by atoms with Gasteiger partial charge in [-0.15, -0.1) is 0 Å². The van der Waals surface area contributed by atoms with Gasteiger partial charge in [0.05, 0.1) is 6.10 Å². The third-order valence-electron chi connectivity index (χ3n) is 3.76. The first kappa shape index (κ1) is 12.0. The topological polar surface area (TPSA) is 21.3 Å². The van der Waals surface area contributed by atoms with Crippen LogP contribution in [0.3, 0.4) is 0 Å². The highest BCUT2D eigenvalue weighted by Gasteiger charge is 2.28. The van der Waals surface area contributed by atoms with Crippen molar-refractivity contribution in [2.45, 2.75) is 53.2 Å². The first-order chi connectivity index (χ1) is 6.43. The Balaban J connectivity index is 2.32. The van der Waals surface area contributed by atoms with Crippen molar-refractivity contribution in [1.82, 2.24) is 5.32 Å². The van der Waals surface area contributed by atoms with E-state index in [1.54, 1.807) is 0 Å². The van der Waals surface area contributed by atoms with Gasteiger partial charge in [0.15, 0.2) is 0 Å². The van der Waals surface area contributed by atoms with E-state index in [4.69, 9.17) is 4.74 Å². The van der Waals surface area contributed by atoms with Crippen molar-refractivity contribution in [2.75, 3.05) is 13.2 Å². The summed E-state index contributed by atoms with van der Waals surface area (Å²) in [4.78, 5) is 0. The van der Waals surface area contributed by atoms with Crippen LogP contribution in [0, 0.1) is 11.3 Å².